The maximum atomic E-state index is 5.54. The van der Waals surface area contributed by atoms with Gasteiger partial charge in [-0.05, 0) is 36.2 Å². The van der Waals surface area contributed by atoms with E-state index in [1.807, 2.05) is 12.1 Å². The standard InChI is InChI=1S/C12H13BrN4/c1-2-8-7-9(13)3-4-10(8)16-11-5-6-15-12(14)17-11/h3-7H,2H2,1H3,(H3,14,15,16,17). The third-order valence-electron chi connectivity index (χ3n) is 2.39. The van der Waals surface area contributed by atoms with Crippen LogP contribution in [0.4, 0.5) is 17.5 Å². The molecule has 0 spiro atoms. The predicted molar refractivity (Wildman–Crippen MR) is 73.2 cm³/mol. The first-order chi connectivity index (χ1) is 8.19. The maximum Gasteiger partial charge on any atom is 0.221 e. The van der Waals surface area contributed by atoms with Gasteiger partial charge < -0.3 is 11.1 Å². The lowest BCUT2D eigenvalue weighted by atomic mass is 10.1. The van der Waals surface area contributed by atoms with Crippen molar-refractivity contribution < 1.29 is 0 Å². The fourth-order valence-corrected chi connectivity index (χ4v) is 1.97. The number of nitrogens with two attached hydrogens (primary N) is 1. The zero-order chi connectivity index (χ0) is 12.3. The second kappa shape index (κ2) is 5.14. The number of nitrogens with one attached hydrogen (secondary N) is 1. The minimum absolute atomic E-state index is 0.269. The SMILES string of the molecule is CCc1cc(Br)ccc1Nc1ccnc(N)n1. The van der Waals surface area contributed by atoms with Gasteiger partial charge in [0.2, 0.25) is 5.95 Å². The quantitative estimate of drug-likeness (QED) is 0.912. The van der Waals surface area contributed by atoms with E-state index >= 15 is 0 Å². The van der Waals surface area contributed by atoms with E-state index in [2.05, 4.69) is 44.2 Å². The van der Waals surface area contributed by atoms with Crippen molar-refractivity contribution in [2.45, 2.75) is 13.3 Å². The van der Waals surface area contributed by atoms with Crippen molar-refractivity contribution in [3.63, 3.8) is 0 Å². The van der Waals surface area contributed by atoms with Crippen molar-refractivity contribution in [3.05, 3.63) is 40.5 Å². The third kappa shape index (κ3) is 2.94. The predicted octanol–water partition coefficient (Wildman–Crippen LogP) is 3.13. The van der Waals surface area contributed by atoms with Gasteiger partial charge in [-0.3, -0.25) is 0 Å². The van der Waals surface area contributed by atoms with Gasteiger partial charge in [0.05, 0.1) is 0 Å². The Hall–Kier alpha value is -1.62. The fraction of sp³-hybridized carbons (Fsp3) is 0.167. The molecule has 0 aliphatic heterocycles. The van der Waals surface area contributed by atoms with E-state index in [-0.39, 0.29) is 5.95 Å². The number of aryl methyl sites for hydroxylation is 1. The van der Waals surface area contributed by atoms with Crippen LogP contribution in [0, 0.1) is 0 Å². The number of rotatable bonds is 3. The summed E-state index contributed by atoms with van der Waals surface area (Å²) in [5.74, 6) is 0.972. The number of halogens is 1. The first-order valence-electron chi connectivity index (χ1n) is 5.33. The lowest BCUT2D eigenvalue weighted by Crippen LogP contribution is -2.00. The van der Waals surface area contributed by atoms with E-state index in [0.717, 1.165) is 16.6 Å². The van der Waals surface area contributed by atoms with Gasteiger partial charge in [0, 0.05) is 16.4 Å². The van der Waals surface area contributed by atoms with Crippen LogP contribution in [0.5, 0.6) is 0 Å². The van der Waals surface area contributed by atoms with Crippen molar-refractivity contribution in [2.75, 3.05) is 11.1 Å². The highest BCUT2D eigenvalue weighted by molar-refractivity contribution is 9.10. The lowest BCUT2D eigenvalue weighted by Gasteiger charge is -2.10. The molecule has 0 saturated carbocycles. The van der Waals surface area contributed by atoms with E-state index < -0.39 is 0 Å². The average Bonchev–Trinajstić information content (AvgIpc) is 2.31. The van der Waals surface area contributed by atoms with Crippen LogP contribution in [0.1, 0.15) is 12.5 Å². The number of nitrogen functional groups attached to an aromatic ring is 1. The van der Waals surface area contributed by atoms with Gasteiger partial charge in [0.1, 0.15) is 5.82 Å². The number of nitrogens with zero attached hydrogens (tertiary/aromatic N) is 2. The summed E-state index contributed by atoms with van der Waals surface area (Å²) in [6.45, 7) is 2.11. The van der Waals surface area contributed by atoms with Crippen LogP contribution >= 0.6 is 15.9 Å². The van der Waals surface area contributed by atoms with Crippen molar-refractivity contribution >= 4 is 33.4 Å². The molecule has 1 aromatic carbocycles. The molecule has 88 valence electrons. The fourth-order valence-electron chi connectivity index (χ4n) is 1.56. The van der Waals surface area contributed by atoms with Gasteiger partial charge in [0.25, 0.3) is 0 Å². The van der Waals surface area contributed by atoms with Crippen LogP contribution < -0.4 is 11.1 Å². The van der Waals surface area contributed by atoms with Gasteiger partial charge in [-0.2, -0.15) is 4.98 Å². The normalized spacial score (nSPS) is 10.2. The van der Waals surface area contributed by atoms with Gasteiger partial charge in [-0.1, -0.05) is 22.9 Å². The molecule has 1 aromatic heterocycles. The minimum atomic E-state index is 0.269. The van der Waals surface area contributed by atoms with Gasteiger partial charge in [0.15, 0.2) is 0 Å². The molecular formula is C12H13BrN4. The summed E-state index contributed by atoms with van der Waals surface area (Å²) in [4.78, 5) is 7.97. The van der Waals surface area contributed by atoms with Crippen molar-refractivity contribution in [1.29, 1.82) is 0 Å². The largest absolute Gasteiger partial charge is 0.368 e. The Balaban J connectivity index is 2.29. The Morgan fingerprint density at radius 2 is 2.18 bits per heavy atom. The summed E-state index contributed by atoms with van der Waals surface area (Å²) in [5.41, 5.74) is 7.79. The van der Waals surface area contributed by atoms with Gasteiger partial charge >= 0.3 is 0 Å². The Kier molecular flexibility index (Phi) is 3.58. The lowest BCUT2D eigenvalue weighted by molar-refractivity contribution is 1.13. The number of aromatic nitrogens is 2. The number of hydrogen-bond donors (Lipinski definition) is 2. The first kappa shape index (κ1) is 11.9. The van der Waals surface area contributed by atoms with Crippen LogP contribution in [-0.4, -0.2) is 9.97 Å². The summed E-state index contributed by atoms with van der Waals surface area (Å²) >= 11 is 3.46. The zero-order valence-corrected chi connectivity index (χ0v) is 11.0. The Morgan fingerprint density at radius 3 is 2.88 bits per heavy atom. The topological polar surface area (TPSA) is 63.8 Å². The molecule has 0 atom stereocenters. The molecule has 0 unspecified atom stereocenters. The van der Waals surface area contributed by atoms with E-state index in [1.54, 1.807) is 12.3 Å². The molecule has 2 aromatic rings. The molecule has 5 heteroatoms. The molecular weight excluding hydrogens is 280 g/mol. The molecule has 4 nitrogen and oxygen atoms in total. The van der Waals surface area contributed by atoms with Crippen molar-refractivity contribution in [1.82, 2.24) is 9.97 Å². The molecule has 0 aliphatic rings. The van der Waals surface area contributed by atoms with Crippen LogP contribution in [0.15, 0.2) is 34.9 Å². The van der Waals surface area contributed by atoms with Crippen LogP contribution in [0.2, 0.25) is 0 Å². The zero-order valence-electron chi connectivity index (χ0n) is 9.44. The summed E-state index contributed by atoms with van der Waals surface area (Å²) in [7, 11) is 0. The highest BCUT2D eigenvalue weighted by Crippen LogP contribution is 2.24. The second-order valence-corrected chi connectivity index (χ2v) is 4.50. The highest BCUT2D eigenvalue weighted by Gasteiger charge is 2.03. The van der Waals surface area contributed by atoms with E-state index in [4.69, 9.17) is 5.73 Å². The van der Waals surface area contributed by atoms with Crippen LogP contribution in [0.25, 0.3) is 0 Å². The number of benzene rings is 1. The molecule has 0 saturated heterocycles. The molecule has 0 fully saturated rings. The molecule has 0 amide bonds. The monoisotopic (exact) mass is 292 g/mol. The number of hydrogen-bond acceptors (Lipinski definition) is 4. The smallest absolute Gasteiger partial charge is 0.221 e. The van der Waals surface area contributed by atoms with Crippen LogP contribution in [0.3, 0.4) is 0 Å². The van der Waals surface area contributed by atoms with E-state index in [9.17, 15) is 0 Å². The molecule has 0 radical (unpaired) electrons. The van der Waals surface area contributed by atoms with Crippen LogP contribution in [-0.2, 0) is 6.42 Å². The maximum absolute atomic E-state index is 5.54. The Labute approximate surface area is 108 Å². The Bertz CT molecular complexity index is 528. The van der Waals surface area contributed by atoms with Gasteiger partial charge in [-0.25, -0.2) is 4.98 Å². The summed E-state index contributed by atoms with van der Waals surface area (Å²) in [6, 6.07) is 7.89. The molecule has 17 heavy (non-hydrogen) atoms. The minimum Gasteiger partial charge on any atom is -0.368 e. The molecule has 0 aliphatic carbocycles. The van der Waals surface area contributed by atoms with E-state index in [0.29, 0.717) is 5.82 Å². The summed E-state index contributed by atoms with van der Waals surface area (Å²) < 4.78 is 1.07. The average molecular weight is 293 g/mol. The summed E-state index contributed by atoms with van der Waals surface area (Å²) in [6.07, 6.45) is 2.58. The highest BCUT2D eigenvalue weighted by atomic mass is 79.9. The molecule has 1 heterocycles. The molecule has 0 bridgehead atoms. The van der Waals surface area contributed by atoms with Crippen molar-refractivity contribution in [2.24, 2.45) is 0 Å². The molecule has 2 rings (SSSR count). The van der Waals surface area contributed by atoms with Gasteiger partial charge in [-0.15, -0.1) is 0 Å². The summed E-state index contributed by atoms with van der Waals surface area (Å²) in [5, 5.41) is 3.24. The number of anilines is 3. The third-order valence-corrected chi connectivity index (χ3v) is 2.88. The molecule has 3 N–H and O–H groups in total. The first-order valence-corrected chi connectivity index (χ1v) is 6.12. The second-order valence-electron chi connectivity index (χ2n) is 3.58. The Morgan fingerprint density at radius 1 is 1.35 bits per heavy atom. The van der Waals surface area contributed by atoms with E-state index in [1.165, 1.54) is 5.56 Å². The van der Waals surface area contributed by atoms with Crippen molar-refractivity contribution in [3.8, 4) is 0 Å².